The summed E-state index contributed by atoms with van der Waals surface area (Å²) in [6, 6.07) is 0. The zero-order chi connectivity index (χ0) is 17.6. The monoisotopic (exact) mass is 229 g/mol. The molecule has 16 heavy (non-hydrogen) atoms. The lowest BCUT2D eigenvalue weighted by Gasteiger charge is -2.13. The topological polar surface area (TPSA) is 44.1 Å². The molecular formula is C12H18N2O2. The Bertz CT molecular complexity index is 606. The summed E-state index contributed by atoms with van der Waals surface area (Å²) in [5.74, 6) is -1.72. The van der Waals surface area contributed by atoms with Crippen molar-refractivity contribution in [2.45, 2.75) is 26.6 Å². The van der Waals surface area contributed by atoms with Gasteiger partial charge in [-0.25, -0.2) is 4.98 Å². The summed E-state index contributed by atoms with van der Waals surface area (Å²) in [5, 5.41) is 0. The number of hydrogen-bond donors (Lipinski definition) is 0. The molecule has 0 spiro atoms. The van der Waals surface area contributed by atoms with Gasteiger partial charge in [-0.15, -0.1) is 0 Å². The first-order valence-electron chi connectivity index (χ1n) is 8.62. The van der Waals surface area contributed by atoms with Gasteiger partial charge in [0.2, 0.25) is 0 Å². The first kappa shape index (κ1) is 5.34. The maximum absolute atomic E-state index is 11.8. The van der Waals surface area contributed by atoms with E-state index in [0.717, 1.165) is 4.57 Å². The molecule has 0 aliphatic carbocycles. The van der Waals surface area contributed by atoms with E-state index in [0.29, 0.717) is 0 Å². The zero-order valence-electron chi connectivity index (χ0n) is 16.0. The lowest BCUT2D eigenvalue weighted by atomic mass is 9.89. The number of ether oxygens (including phenoxy) is 1. The Morgan fingerprint density at radius 1 is 1.81 bits per heavy atom. The highest BCUT2D eigenvalue weighted by atomic mass is 16.5. The van der Waals surface area contributed by atoms with Gasteiger partial charge in [0.1, 0.15) is 5.82 Å². The van der Waals surface area contributed by atoms with Crippen molar-refractivity contribution in [1.82, 2.24) is 9.55 Å². The Labute approximate surface area is 105 Å². The highest BCUT2D eigenvalue weighted by molar-refractivity contribution is 5.74. The molecule has 0 N–H and O–H groups in total. The number of hydrogen-bond acceptors (Lipinski definition) is 3. The third-order valence-corrected chi connectivity index (χ3v) is 2.93. The number of carbonyl (C=O) groups excluding carboxylic acids is 1. The van der Waals surface area contributed by atoms with Crippen molar-refractivity contribution < 1.29 is 19.1 Å². The van der Waals surface area contributed by atoms with Gasteiger partial charge < -0.3 is 9.30 Å². The van der Waals surface area contributed by atoms with Crippen molar-refractivity contribution in [1.29, 1.82) is 0 Å². The molecule has 2 rings (SSSR count). The van der Waals surface area contributed by atoms with E-state index in [9.17, 15) is 4.79 Å². The SMILES string of the molecule is [2H]c1nc(C)n(C([2H])([2H])[2H])c1C[C@H]1COC(=O)[C@H]1CC([2H])([2H])[2H]. The first-order chi connectivity index (χ1) is 10.4. The molecule has 4 heteroatoms. The van der Waals surface area contributed by atoms with Gasteiger partial charge in [0.15, 0.2) is 0 Å². The minimum Gasteiger partial charge on any atom is -0.465 e. The Balaban J connectivity index is 2.30. The average Bonchev–Trinajstić information content (AvgIpc) is 2.81. The number of cyclic esters (lactones) is 1. The number of aromatic nitrogens is 2. The summed E-state index contributed by atoms with van der Waals surface area (Å²) >= 11 is 0. The van der Waals surface area contributed by atoms with E-state index in [-0.39, 0.29) is 37.1 Å². The maximum atomic E-state index is 11.8. The van der Waals surface area contributed by atoms with Crippen LogP contribution in [0.25, 0.3) is 0 Å². The molecule has 0 amide bonds. The smallest absolute Gasteiger partial charge is 0.309 e. The van der Waals surface area contributed by atoms with Crippen molar-refractivity contribution in [3.05, 3.63) is 17.7 Å². The molecule has 0 saturated carbocycles. The Morgan fingerprint density at radius 3 is 3.44 bits per heavy atom. The number of imidazole rings is 1. The Morgan fingerprint density at radius 2 is 2.69 bits per heavy atom. The van der Waals surface area contributed by atoms with Crippen molar-refractivity contribution in [3.63, 3.8) is 0 Å². The molecular weight excluding hydrogens is 204 g/mol. The highest BCUT2D eigenvalue weighted by Crippen LogP contribution is 2.28. The normalized spacial score (nSPS) is 32.8. The van der Waals surface area contributed by atoms with E-state index in [1.165, 1.54) is 6.92 Å². The summed E-state index contributed by atoms with van der Waals surface area (Å²) in [6.07, 6.45) is -0.444. The zero-order valence-corrected chi connectivity index (χ0v) is 8.99. The van der Waals surface area contributed by atoms with Gasteiger partial charge in [-0.2, -0.15) is 0 Å². The number of rotatable bonds is 3. The maximum Gasteiger partial charge on any atom is 0.309 e. The molecule has 2 atom stereocenters. The summed E-state index contributed by atoms with van der Waals surface area (Å²) in [4.78, 5) is 15.6. The van der Waals surface area contributed by atoms with Gasteiger partial charge in [-0.3, -0.25) is 4.79 Å². The lowest BCUT2D eigenvalue weighted by Crippen LogP contribution is -2.18. The third-order valence-electron chi connectivity index (χ3n) is 2.93. The molecule has 0 radical (unpaired) electrons. The molecule has 88 valence electrons. The molecule has 1 saturated heterocycles. The standard InChI is InChI=1S/C12H18N2O2/c1-4-11-9(7-16-12(11)15)5-10-6-13-8(2)14(10)3/h6,9,11H,4-5,7H2,1-3H3/t9-,11-/m0/s1/i1D3,3D3,6D. The highest BCUT2D eigenvalue weighted by Gasteiger charge is 2.35. The van der Waals surface area contributed by atoms with E-state index in [1.807, 2.05) is 0 Å². The predicted octanol–water partition coefficient (Wildman–Crippen LogP) is 1.47. The largest absolute Gasteiger partial charge is 0.465 e. The van der Waals surface area contributed by atoms with E-state index in [4.69, 9.17) is 14.3 Å². The van der Waals surface area contributed by atoms with Gasteiger partial charge in [0.05, 0.1) is 13.9 Å². The third kappa shape index (κ3) is 1.84. The second-order valence-corrected chi connectivity index (χ2v) is 3.96. The average molecular weight is 229 g/mol. The minimum atomic E-state index is -2.49. The van der Waals surface area contributed by atoms with Gasteiger partial charge in [0.25, 0.3) is 0 Å². The van der Waals surface area contributed by atoms with E-state index < -0.39 is 31.6 Å². The van der Waals surface area contributed by atoms with Crippen LogP contribution in [0.3, 0.4) is 0 Å². The molecule has 0 unspecified atom stereocenters. The predicted molar refractivity (Wildman–Crippen MR) is 59.9 cm³/mol. The van der Waals surface area contributed by atoms with Crippen LogP contribution in [0.15, 0.2) is 6.17 Å². The first-order valence-corrected chi connectivity index (χ1v) is 5.12. The van der Waals surface area contributed by atoms with Crippen molar-refractivity contribution in [2.24, 2.45) is 18.8 Å². The number of carbonyl (C=O) groups is 1. The van der Waals surface area contributed by atoms with Crippen molar-refractivity contribution in [2.75, 3.05) is 6.61 Å². The van der Waals surface area contributed by atoms with Crippen LogP contribution in [-0.4, -0.2) is 22.1 Å². The number of nitrogens with zero attached hydrogens (tertiary/aromatic N) is 2. The molecule has 1 aromatic rings. The van der Waals surface area contributed by atoms with Crippen LogP contribution in [0.2, 0.25) is 0 Å². The minimum absolute atomic E-state index is 0.0181. The van der Waals surface area contributed by atoms with E-state index >= 15 is 0 Å². The van der Waals surface area contributed by atoms with Crippen molar-refractivity contribution in [3.8, 4) is 0 Å². The van der Waals surface area contributed by atoms with E-state index in [2.05, 4.69) is 4.98 Å². The van der Waals surface area contributed by atoms with Crippen LogP contribution >= 0.6 is 0 Å². The number of esters is 1. The van der Waals surface area contributed by atoms with Crippen LogP contribution < -0.4 is 0 Å². The molecule has 2 heterocycles. The Kier molecular flexibility index (Phi) is 1.43. The van der Waals surface area contributed by atoms with Crippen LogP contribution in [0.4, 0.5) is 0 Å². The van der Waals surface area contributed by atoms with E-state index in [1.54, 1.807) is 0 Å². The molecule has 1 aromatic heterocycles. The fraction of sp³-hybridized carbons (Fsp3) is 0.667. The second-order valence-electron chi connectivity index (χ2n) is 3.96. The molecule has 1 fully saturated rings. The summed E-state index contributed by atoms with van der Waals surface area (Å²) in [6.45, 7) is -3.26. The second kappa shape index (κ2) is 4.28. The molecule has 4 nitrogen and oxygen atoms in total. The van der Waals surface area contributed by atoms with Crippen LogP contribution in [0, 0.1) is 18.8 Å². The quantitative estimate of drug-likeness (QED) is 0.737. The summed E-state index contributed by atoms with van der Waals surface area (Å²) in [7, 11) is 0. The number of aryl methyl sites for hydroxylation is 1. The summed E-state index contributed by atoms with van der Waals surface area (Å²) < 4.78 is 58.5. The fourth-order valence-corrected chi connectivity index (χ4v) is 1.88. The lowest BCUT2D eigenvalue weighted by molar-refractivity contribution is -0.141. The van der Waals surface area contributed by atoms with Crippen LogP contribution in [-0.2, 0) is 22.9 Å². The van der Waals surface area contributed by atoms with Gasteiger partial charge >= 0.3 is 5.97 Å². The molecule has 1 aliphatic rings. The van der Waals surface area contributed by atoms with Gasteiger partial charge in [-0.1, -0.05) is 6.85 Å². The van der Waals surface area contributed by atoms with Crippen molar-refractivity contribution >= 4 is 5.97 Å². The molecule has 0 aromatic carbocycles. The van der Waals surface area contributed by atoms with Crippen LogP contribution in [0.5, 0.6) is 0 Å². The summed E-state index contributed by atoms with van der Waals surface area (Å²) in [5.41, 5.74) is 0.168. The molecule has 0 bridgehead atoms. The fourth-order valence-electron chi connectivity index (χ4n) is 1.88. The Hall–Kier alpha value is -1.32. The molecule has 1 aliphatic heterocycles. The van der Waals surface area contributed by atoms with Gasteiger partial charge in [-0.05, 0) is 19.8 Å². The van der Waals surface area contributed by atoms with Gasteiger partial charge in [0, 0.05) is 33.0 Å². The van der Waals surface area contributed by atoms with Crippen LogP contribution in [0.1, 0.15) is 34.4 Å².